The highest BCUT2D eigenvalue weighted by Gasteiger charge is 2.23. The van der Waals surface area contributed by atoms with Crippen LogP contribution in [-0.4, -0.2) is 43.5 Å². The van der Waals surface area contributed by atoms with Crippen LogP contribution in [0.5, 0.6) is 5.75 Å². The van der Waals surface area contributed by atoms with Gasteiger partial charge in [-0.3, -0.25) is 0 Å². The maximum Gasteiger partial charge on any atom is 0.335 e. The molecule has 1 aliphatic rings. The number of benzene rings is 1. The maximum atomic E-state index is 10.8. The van der Waals surface area contributed by atoms with E-state index in [9.17, 15) is 4.79 Å². The average molecular weight is 279 g/mol. The molecule has 2 unspecified atom stereocenters. The second-order valence-electron chi connectivity index (χ2n) is 5.00. The molecule has 0 aromatic heterocycles. The molecule has 1 fully saturated rings. The molecule has 0 spiro atoms. The summed E-state index contributed by atoms with van der Waals surface area (Å²) in [5.74, 6) is -0.349. The van der Waals surface area contributed by atoms with Crippen molar-refractivity contribution in [2.45, 2.75) is 31.4 Å². The highest BCUT2D eigenvalue weighted by Crippen LogP contribution is 2.21. The summed E-state index contributed by atoms with van der Waals surface area (Å²) in [6.07, 6.45) is 3.66. The van der Waals surface area contributed by atoms with E-state index in [1.54, 1.807) is 31.4 Å². The number of methoxy groups -OCH3 is 1. The molecule has 0 aliphatic heterocycles. The average Bonchev–Trinajstić information content (AvgIpc) is 2.92. The number of ether oxygens (including phenoxy) is 2. The summed E-state index contributed by atoms with van der Waals surface area (Å²) in [6, 6.07) is 7.04. The van der Waals surface area contributed by atoms with E-state index in [-0.39, 0.29) is 5.56 Å². The Balaban J connectivity index is 1.68. The van der Waals surface area contributed by atoms with Crippen molar-refractivity contribution >= 4 is 5.97 Å². The molecule has 0 amide bonds. The topological polar surface area (TPSA) is 67.8 Å². The number of carbonyl (C=O) groups is 1. The van der Waals surface area contributed by atoms with E-state index in [1.807, 2.05) is 0 Å². The molecule has 2 atom stereocenters. The number of carboxylic acids is 1. The van der Waals surface area contributed by atoms with Crippen molar-refractivity contribution in [3.8, 4) is 5.75 Å². The first-order valence-corrected chi connectivity index (χ1v) is 6.91. The fraction of sp³-hybridized carbons (Fsp3) is 0.533. The fourth-order valence-corrected chi connectivity index (χ4v) is 2.49. The van der Waals surface area contributed by atoms with Crippen molar-refractivity contribution < 1.29 is 19.4 Å². The van der Waals surface area contributed by atoms with Crippen LogP contribution < -0.4 is 10.1 Å². The molecule has 5 heteroatoms. The Hall–Kier alpha value is -1.59. The van der Waals surface area contributed by atoms with Crippen LogP contribution in [-0.2, 0) is 4.74 Å². The van der Waals surface area contributed by atoms with Gasteiger partial charge in [0.25, 0.3) is 0 Å². The van der Waals surface area contributed by atoms with Crippen molar-refractivity contribution in [2.24, 2.45) is 0 Å². The molecule has 1 saturated carbocycles. The van der Waals surface area contributed by atoms with Crippen LogP contribution in [0.25, 0.3) is 0 Å². The summed E-state index contributed by atoms with van der Waals surface area (Å²) in [6.45, 7) is 1.27. The zero-order valence-corrected chi connectivity index (χ0v) is 11.7. The fourth-order valence-electron chi connectivity index (χ4n) is 2.49. The van der Waals surface area contributed by atoms with Crippen LogP contribution in [0.1, 0.15) is 29.6 Å². The third kappa shape index (κ3) is 4.21. The number of hydrogen-bond acceptors (Lipinski definition) is 4. The van der Waals surface area contributed by atoms with Crippen LogP contribution >= 0.6 is 0 Å². The monoisotopic (exact) mass is 279 g/mol. The Morgan fingerprint density at radius 1 is 1.45 bits per heavy atom. The van der Waals surface area contributed by atoms with Gasteiger partial charge < -0.3 is 19.9 Å². The third-order valence-corrected chi connectivity index (χ3v) is 3.60. The van der Waals surface area contributed by atoms with E-state index in [0.29, 0.717) is 24.5 Å². The molecule has 0 bridgehead atoms. The third-order valence-electron chi connectivity index (χ3n) is 3.60. The molecule has 0 saturated heterocycles. The molecule has 1 aromatic carbocycles. The zero-order chi connectivity index (χ0) is 14.4. The Bertz CT molecular complexity index is 449. The number of hydrogen-bond donors (Lipinski definition) is 2. The van der Waals surface area contributed by atoms with Crippen molar-refractivity contribution in [1.29, 1.82) is 0 Å². The molecule has 2 N–H and O–H groups in total. The van der Waals surface area contributed by atoms with Gasteiger partial charge in [0.05, 0.1) is 11.7 Å². The second kappa shape index (κ2) is 7.26. The molecule has 20 heavy (non-hydrogen) atoms. The molecule has 0 radical (unpaired) electrons. The largest absolute Gasteiger partial charge is 0.492 e. The number of nitrogens with one attached hydrogen (secondary N) is 1. The van der Waals surface area contributed by atoms with Crippen LogP contribution in [0.3, 0.4) is 0 Å². The van der Waals surface area contributed by atoms with Gasteiger partial charge in [-0.2, -0.15) is 0 Å². The zero-order valence-electron chi connectivity index (χ0n) is 11.7. The van der Waals surface area contributed by atoms with E-state index in [4.69, 9.17) is 14.6 Å². The van der Waals surface area contributed by atoms with Gasteiger partial charge in [-0.25, -0.2) is 4.79 Å². The van der Waals surface area contributed by atoms with Crippen molar-refractivity contribution in [3.05, 3.63) is 29.8 Å². The van der Waals surface area contributed by atoms with Gasteiger partial charge in [0.15, 0.2) is 0 Å². The Morgan fingerprint density at radius 3 is 3.00 bits per heavy atom. The van der Waals surface area contributed by atoms with Gasteiger partial charge in [0, 0.05) is 19.7 Å². The Morgan fingerprint density at radius 2 is 2.30 bits per heavy atom. The lowest BCUT2D eigenvalue weighted by molar-refractivity contribution is 0.0696. The highest BCUT2D eigenvalue weighted by molar-refractivity contribution is 5.87. The van der Waals surface area contributed by atoms with Crippen molar-refractivity contribution in [2.75, 3.05) is 20.3 Å². The summed E-state index contributed by atoms with van der Waals surface area (Å²) in [5, 5.41) is 12.3. The minimum Gasteiger partial charge on any atom is -0.492 e. The lowest BCUT2D eigenvalue weighted by atomic mass is 10.2. The number of aromatic carboxylic acids is 1. The molecule has 1 aromatic rings. The quantitative estimate of drug-likeness (QED) is 0.746. The van der Waals surface area contributed by atoms with Gasteiger partial charge in [0.2, 0.25) is 0 Å². The van der Waals surface area contributed by atoms with Gasteiger partial charge in [0.1, 0.15) is 12.4 Å². The molecule has 0 heterocycles. The Labute approximate surface area is 118 Å². The summed E-state index contributed by atoms with van der Waals surface area (Å²) in [7, 11) is 1.76. The Kier molecular flexibility index (Phi) is 5.38. The predicted molar refractivity (Wildman–Crippen MR) is 75.3 cm³/mol. The SMILES string of the molecule is COC1CCC(NCCOc2cccc(C(=O)O)c2)C1. The summed E-state index contributed by atoms with van der Waals surface area (Å²) in [5.41, 5.74) is 0.245. The minimum absolute atomic E-state index is 0.245. The van der Waals surface area contributed by atoms with Gasteiger partial charge in [-0.05, 0) is 37.5 Å². The molecule has 1 aliphatic carbocycles. The van der Waals surface area contributed by atoms with Crippen molar-refractivity contribution in [1.82, 2.24) is 5.32 Å². The summed E-state index contributed by atoms with van der Waals surface area (Å²) < 4.78 is 10.9. The second-order valence-corrected chi connectivity index (χ2v) is 5.00. The lowest BCUT2D eigenvalue weighted by Gasteiger charge is -2.13. The molecular weight excluding hydrogens is 258 g/mol. The van der Waals surface area contributed by atoms with Gasteiger partial charge in [-0.1, -0.05) is 6.07 Å². The lowest BCUT2D eigenvalue weighted by Crippen LogP contribution is -2.31. The van der Waals surface area contributed by atoms with Crippen LogP contribution in [0.4, 0.5) is 0 Å². The number of carboxylic acid groups (broad SMARTS) is 1. The van der Waals surface area contributed by atoms with Gasteiger partial charge in [-0.15, -0.1) is 0 Å². The first kappa shape index (κ1) is 14.8. The van der Waals surface area contributed by atoms with Crippen LogP contribution in [0.15, 0.2) is 24.3 Å². The first-order chi connectivity index (χ1) is 9.69. The highest BCUT2D eigenvalue weighted by atomic mass is 16.5. The standard InChI is InChI=1S/C15H21NO4/c1-19-13-6-5-12(10-13)16-7-8-20-14-4-2-3-11(9-14)15(17)18/h2-4,9,12-13,16H,5-8,10H2,1H3,(H,17,18). The summed E-state index contributed by atoms with van der Waals surface area (Å²) >= 11 is 0. The maximum absolute atomic E-state index is 10.8. The molecule has 5 nitrogen and oxygen atoms in total. The van der Waals surface area contributed by atoms with Crippen LogP contribution in [0, 0.1) is 0 Å². The normalized spacial score (nSPS) is 21.9. The molecule has 2 rings (SSSR count). The van der Waals surface area contributed by atoms with E-state index >= 15 is 0 Å². The van der Waals surface area contributed by atoms with E-state index in [2.05, 4.69) is 5.32 Å². The smallest absolute Gasteiger partial charge is 0.335 e. The van der Waals surface area contributed by atoms with Gasteiger partial charge >= 0.3 is 5.97 Å². The summed E-state index contributed by atoms with van der Waals surface area (Å²) in [4.78, 5) is 10.8. The predicted octanol–water partition coefficient (Wildman–Crippen LogP) is 1.92. The van der Waals surface area contributed by atoms with E-state index < -0.39 is 5.97 Å². The van der Waals surface area contributed by atoms with Crippen LogP contribution in [0.2, 0.25) is 0 Å². The van der Waals surface area contributed by atoms with E-state index in [0.717, 1.165) is 25.8 Å². The van der Waals surface area contributed by atoms with E-state index in [1.165, 1.54) is 0 Å². The number of rotatable bonds is 7. The molecular formula is C15H21NO4. The molecule has 110 valence electrons. The minimum atomic E-state index is -0.940. The van der Waals surface area contributed by atoms with Crippen molar-refractivity contribution in [3.63, 3.8) is 0 Å². The first-order valence-electron chi connectivity index (χ1n) is 6.91.